The number of rotatable bonds is 6. The molecular weight excluding hydrogens is 369 g/mol. The molecule has 1 N–H and O–H groups in total. The van der Waals surface area contributed by atoms with E-state index in [-0.39, 0.29) is 29.1 Å². The number of pyridine rings is 1. The zero-order valence-electron chi connectivity index (χ0n) is 14.8. The molecule has 8 heteroatoms. The summed E-state index contributed by atoms with van der Waals surface area (Å²) < 4.78 is 40.4. The van der Waals surface area contributed by atoms with Gasteiger partial charge < -0.3 is 5.32 Å². The number of benzene rings is 1. The van der Waals surface area contributed by atoms with E-state index in [2.05, 4.69) is 10.3 Å². The average molecular weight is 391 g/mol. The second-order valence-corrected chi connectivity index (χ2v) is 8.44. The molecule has 3 rings (SSSR count). The number of sulfonamides is 1. The molecule has 0 spiro atoms. The first-order chi connectivity index (χ1) is 13.0. The molecule has 144 valence electrons. The number of nitrogens with one attached hydrogen (secondary N) is 1. The molecule has 0 atom stereocenters. The number of aromatic nitrogens is 1. The summed E-state index contributed by atoms with van der Waals surface area (Å²) in [4.78, 5) is 16.4. The van der Waals surface area contributed by atoms with E-state index in [1.165, 1.54) is 48.8 Å². The highest BCUT2D eigenvalue weighted by atomic mass is 32.2. The Morgan fingerprint density at radius 2 is 1.85 bits per heavy atom. The van der Waals surface area contributed by atoms with E-state index in [1.54, 1.807) is 0 Å². The molecule has 1 saturated carbocycles. The van der Waals surface area contributed by atoms with Crippen molar-refractivity contribution < 1.29 is 17.6 Å². The molecular formula is C19H22FN3O3S. The smallest absolute Gasteiger partial charge is 0.266 e. The normalized spacial score (nSPS) is 15.3. The van der Waals surface area contributed by atoms with Gasteiger partial charge in [0.15, 0.2) is 0 Å². The summed E-state index contributed by atoms with van der Waals surface area (Å²) in [5, 5.41) is 2.92. The van der Waals surface area contributed by atoms with E-state index in [0.717, 1.165) is 36.4 Å². The molecule has 0 aliphatic heterocycles. The predicted octanol–water partition coefficient (Wildman–Crippen LogP) is 2.86. The van der Waals surface area contributed by atoms with Gasteiger partial charge in [0, 0.05) is 18.4 Å². The number of anilines is 1. The third-order valence-corrected chi connectivity index (χ3v) is 6.35. The minimum Gasteiger partial charge on any atom is -0.352 e. The summed E-state index contributed by atoms with van der Waals surface area (Å²) in [7, 11) is -4.02. The Morgan fingerprint density at radius 1 is 1.15 bits per heavy atom. The van der Waals surface area contributed by atoms with Crippen molar-refractivity contribution in [3.05, 3.63) is 54.6 Å². The first-order valence-electron chi connectivity index (χ1n) is 8.94. The van der Waals surface area contributed by atoms with Crippen molar-refractivity contribution in [1.29, 1.82) is 0 Å². The number of carbonyl (C=O) groups is 1. The highest BCUT2D eigenvalue weighted by Gasteiger charge is 2.28. The number of nitrogens with zero attached hydrogens (tertiary/aromatic N) is 2. The van der Waals surface area contributed by atoms with Crippen LogP contribution in [0.5, 0.6) is 0 Å². The van der Waals surface area contributed by atoms with Crippen LogP contribution in [0, 0.1) is 5.82 Å². The van der Waals surface area contributed by atoms with Crippen molar-refractivity contribution in [1.82, 2.24) is 10.3 Å². The fourth-order valence-corrected chi connectivity index (χ4v) is 4.59. The molecule has 0 radical (unpaired) electrons. The van der Waals surface area contributed by atoms with Gasteiger partial charge in [-0.25, -0.2) is 12.8 Å². The molecule has 1 aromatic heterocycles. The zero-order chi connectivity index (χ0) is 19.3. The number of halogens is 1. The van der Waals surface area contributed by atoms with E-state index < -0.39 is 15.8 Å². The minimum atomic E-state index is -4.02. The summed E-state index contributed by atoms with van der Waals surface area (Å²) >= 11 is 0. The van der Waals surface area contributed by atoms with Crippen LogP contribution in [-0.4, -0.2) is 31.9 Å². The van der Waals surface area contributed by atoms with Gasteiger partial charge in [-0.15, -0.1) is 0 Å². The van der Waals surface area contributed by atoms with E-state index >= 15 is 0 Å². The quantitative estimate of drug-likeness (QED) is 0.821. The largest absolute Gasteiger partial charge is 0.352 e. The fourth-order valence-electron chi connectivity index (χ4n) is 3.20. The fraction of sp³-hybridized carbons (Fsp3) is 0.368. The summed E-state index contributed by atoms with van der Waals surface area (Å²) in [6, 6.07) is 8.02. The maximum atomic E-state index is 13.3. The molecule has 1 fully saturated rings. The molecule has 6 nitrogen and oxygen atoms in total. The monoisotopic (exact) mass is 391 g/mol. The number of hydrogen-bond donors (Lipinski definition) is 1. The standard InChI is InChI=1S/C19H22FN3O3S/c20-15-8-10-17(11-9-15)23(27(25,26)18-7-4-12-21-13-18)14-19(24)22-16-5-2-1-3-6-16/h4,7-13,16H,1-3,5-6,14H2,(H,22,24). The van der Waals surface area contributed by atoms with Crippen LogP contribution < -0.4 is 9.62 Å². The van der Waals surface area contributed by atoms with E-state index in [4.69, 9.17) is 0 Å². The topological polar surface area (TPSA) is 79.4 Å². The van der Waals surface area contributed by atoms with Crippen LogP contribution in [-0.2, 0) is 14.8 Å². The van der Waals surface area contributed by atoms with Gasteiger partial charge in [0.05, 0.1) is 5.69 Å². The Kier molecular flexibility index (Phi) is 6.05. The highest BCUT2D eigenvalue weighted by molar-refractivity contribution is 7.92. The Labute approximate surface area is 158 Å². The van der Waals surface area contributed by atoms with E-state index in [9.17, 15) is 17.6 Å². The Hall–Kier alpha value is -2.48. The summed E-state index contributed by atoms with van der Waals surface area (Å²) in [5.41, 5.74) is 0.221. The van der Waals surface area contributed by atoms with Gasteiger partial charge in [-0.3, -0.25) is 14.1 Å². The Bertz CT molecular complexity index is 867. The highest BCUT2D eigenvalue weighted by Crippen LogP contribution is 2.24. The molecule has 1 aliphatic carbocycles. The lowest BCUT2D eigenvalue weighted by Crippen LogP contribution is -2.44. The van der Waals surface area contributed by atoms with E-state index in [0.29, 0.717) is 0 Å². The molecule has 2 aromatic rings. The molecule has 1 aromatic carbocycles. The maximum absolute atomic E-state index is 13.3. The first-order valence-corrected chi connectivity index (χ1v) is 10.4. The van der Waals surface area contributed by atoms with Crippen LogP contribution in [0.3, 0.4) is 0 Å². The second kappa shape index (κ2) is 8.47. The van der Waals surface area contributed by atoms with Crippen molar-refractivity contribution in [3.63, 3.8) is 0 Å². The first kappa shape index (κ1) is 19.3. The van der Waals surface area contributed by atoms with Crippen molar-refractivity contribution in [2.75, 3.05) is 10.8 Å². The number of amides is 1. The van der Waals surface area contributed by atoms with Crippen LogP contribution >= 0.6 is 0 Å². The zero-order valence-corrected chi connectivity index (χ0v) is 15.7. The van der Waals surface area contributed by atoms with Crippen molar-refractivity contribution in [2.45, 2.75) is 43.0 Å². The van der Waals surface area contributed by atoms with Crippen LogP contribution in [0.2, 0.25) is 0 Å². The summed E-state index contributed by atoms with van der Waals surface area (Å²) in [5.74, 6) is -0.858. The maximum Gasteiger partial charge on any atom is 0.266 e. The van der Waals surface area contributed by atoms with Gasteiger partial charge >= 0.3 is 0 Å². The summed E-state index contributed by atoms with van der Waals surface area (Å²) in [6.45, 7) is -0.376. The lowest BCUT2D eigenvalue weighted by atomic mass is 9.95. The minimum absolute atomic E-state index is 0.0280. The Balaban J connectivity index is 1.86. The predicted molar refractivity (Wildman–Crippen MR) is 100 cm³/mol. The van der Waals surface area contributed by atoms with Crippen LogP contribution in [0.15, 0.2) is 53.7 Å². The number of carbonyl (C=O) groups excluding carboxylic acids is 1. The van der Waals surface area contributed by atoms with Crippen LogP contribution in [0.4, 0.5) is 10.1 Å². The van der Waals surface area contributed by atoms with Gasteiger partial charge in [0.25, 0.3) is 10.0 Å². The molecule has 0 bridgehead atoms. The van der Waals surface area contributed by atoms with Gasteiger partial charge in [-0.1, -0.05) is 19.3 Å². The van der Waals surface area contributed by atoms with Crippen molar-refractivity contribution in [3.8, 4) is 0 Å². The molecule has 1 heterocycles. The van der Waals surface area contributed by atoms with Gasteiger partial charge in [-0.05, 0) is 49.2 Å². The lowest BCUT2D eigenvalue weighted by Gasteiger charge is -2.27. The molecule has 27 heavy (non-hydrogen) atoms. The Morgan fingerprint density at radius 3 is 2.48 bits per heavy atom. The second-order valence-electron chi connectivity index (χ2n) is 6.58. The average Bonchev–Trinajstić information content (AvgIpc) is 2.68. The third kappa shape index (κ3) is 4.82. The molecule has 0 unspecified atom stereocenters. The van der Waals surface area contributed by atoms with Gasteiger partial charge in [-0.2, -0.15) is 0 Å². The van der Waals surface area contributed by atoms with E-state index in [1.807, 2.05) is 0 Å². The molecule has 1 amide bonds. The molecule has 1 aliphatic rings. The summed E-state index contributed by atoms with van der Waals surface area (Å²) in [6.07, 6.45) is 7.77. The molecule has 0 saturated heterocycles. The van der Waals surface area contributed by atoms with Gasteiger partial charge in [0.1, 0.15) is 17.3 Å². The third-order valence-electron chi connectivity index (χ3n) is 4.59. The van der Waals surface area contributed by atoms with Crippen LogP contribution in [0.25, 0.3) is 0 Å². The SMILES string of the molecule is O=C(CN(c1ccc(F)cc1)S(=O)(=O)c1cccnc1)NC1CCCCC1. The van der Waals surface area contributed by atoms with Crippen molar-refractivity contribution in [2.24, 2.45) is 0 Å². The van der Waals surface area contributed by atoms with Gasteiger partial charge in [0.2, 0.25) is 5.91 Å². The van der Waals surface area contributed by atoms with Crippen molar-refractivity contribution >= 4 is 21.6 Å². The van der Waals surface area contributed by atoms with Crippen LogP contribution in [0.1, 0.15) is 32.1 Å². The lowest BCUT2D eigenvalue weighted by molar-refractivity contribution is -0.120. The number of hydrogen-bond acceptors (Lipinski definition) is 4.